The second-order valence-electron chi connectivity index (χ2n) is 3.54. The zero-order valence-electron chi connectivity index (χ0n) is 8.27. The number of amides is 1. The summed E-state index contributed by atoms with van der Waals surface area (Å²) in [4.78, 5) is 11.7. The van der Waals surface area contributed by atoms with Crippen LogP contribution in [-0.2, 0) is 9.53 Å². The Morgan fingerprint density at radius 1 is 1.73 bits per heavy atom. The molecular weight excluding hydrogens is 196 g/mol. The SMILES string of the molecule is NC[C@H]1CC[C@@H](C(=O)Nc2cn[nH]c2)O1. The third-order valence-electron chi connectivity index (χ3n) is 2.43. The number of aromatic amines is 1. The van der Waals surface area contributed by atoms with Crippen LogP contribution < -0.4 is 11.1 Å². The smallest absolute Gasteiger partial charge is 0.253 e. The Morgan fingerprint density at radius 2 is 2.60 bits per heavy atom. The number of anilines is 1. The zero-order chi connectivity index (χ0) is 10.7. The van der Waals surface area contributed by atoms with Gasteiger partial charge in [-0.05, 0) is 12.8 Å². The van der Waals surface area contributed by atoms with Crippen molar-refractivity contribution in [2.45, 2.75) is 25.0 Å². The summed E-state index contributed by atoms with van der Waals surface area (Å²) in [5.74, 6) is -0.132. The Kier molecular flexibility index (Phi) is 2.98. The maximum absolute atomic E-state index is 11.7. The minimum Gasteiger partial charge on any atom is -0.364 e. The van der Waals surface area contributed by atoms with E-state index < -0.39 is 0 Å². The molecule has 1 aliphatic heterocycles. The van der Waals surface area contributed by atoms with Crippen LogP contribution in [0.15, 0.2) is 12.4 Å². The highest BCUT2D eigenvalue weighted by atomic mass is 16.5. The average Bonchev–Trinajstić information content (AvgIpc) is 2.86. The van der Waals surface area contributed by atoms with Crippen LogP contribution in [0.3, 0.4) is 0 Å². The average molecular weight is 210 g/mol. The van der Waals surface area contributed by atoms with Gasteiger partial charge in [0, 0.05) is 12.7 Å². The molecule has 1 amide bonds. The second-order valence-corrected chi connectivity index (χ2v) is 3.54. The van der Waals surface area contributed by atoms with Gasteiger partial charge in [-0.1, -0.05) is 0 Å². The number of aromatic nitrogens is 2. The molecule has 0 unspecified atom stereocenters. The summed E-state index contributed by atoms with van der Waals surface area (Å²) < 4.78 is 5.45. The molecule has 1 aromatic rings. The molecule has 4 N–H and O–H groups in total. The number of nitrogens with two attached hydrogens (primary N) is 1. The maximum Gasteiger partial charge on any atom is 0.253 e. The number of rotatable bonds is 3. The van der Waals surface area contributed by atoms with E-state index in [9.17, 15) is 4.79 Å². The molecule has 1 fully saturated rings. The lowest BCUT2D eigenvalue weighted by molar-refractivity contribution is -0.126. The monoisotopic (exact) mass is 210 g/mol. The fourth-order valence-corrected chi connectivity index (χ4v) is 1.61. The predicted octanol–water partition coefficient (Wildman–Crippen LogP) is -0.146. The first-order valence-corrected chi connectivity index (χ1v) is 4.95. The van der Waals surface area contributed by atoms with Crippen LogP contribution >= 0.6 is 0 Å². The fraction of sp³-hybridized carbons (Fsp3) is 0.556. The zero-order valence-corrected chi connectivity index (χ0v) is 8.27. The van der Waals surface area contributed by atoms with Crippen molar-refractivity contribution in [1.29, 1.82) is 0 Å². The number of hydrogen-bond donors (Lipinski definition) is 3. The summed E-state index contributed by atoms with van der Waals surface area (Å²) in [6, 6.07) is 0. The van der Waals surface area contributed by atoms with Gasteiger partial charge in [-0.3, -0.25) is 9.89 Å². The van der Waals surface area contributed by atoms with E-state index in [2.05, 4.69) is 15.5 Å². The molecule has 2 atom stereocenters. The summed E-state index contributed by atoms with van der Waals surface area (Å²) in [7, 11) is 0. The fourth-order valence-electron chi connectivity index (χ4n) is 1.61. The molecule has 6 heteroatoms. The van der Waals surface area contributed by atoms with E-state index in [4.69, 9.17) is 10.5 Å². The van der Waals surface area contributed by atoms with Gasteiger partial charge < -0.3 is 15.8 Å². The van der Waals surface area contributed by atoms with Gasteiger partial charge in [0.25, 0.3) is 5.91 Å². The van der Waals surface area contributed by atoms with Crippen molar-refractivity contribution >= 4 is 11.6 Å². The van der Waals surface area contributed by atoms with Crippen LogP contribution in [0.1, 0.15) is 12.8 Å². The Labute approximate surface area is 87.2 Å². The Hall–Kier alpha value is -1.40. The molecule has 0 aromatic carbocycles. The molecular formula is C9H14N4O2. The number of carbonyl (C=O) groups is 1. The van der Waals surface area contributed by atoms with E-state index in [0.717, 1.165) is 12.8 Å². The number of nitrogens with zero attached hydrogens (tertiary/aromatic N) is 1. The van der Waals surface area contributed by atoms with Gasteiger partial charge in [-0.25, -0.2) is 0 Å². The minimum absolute atomic E-state index is 0.0186. The summed E-state index contributed by atoms with van der Waals surface area (Å²) in [5, 5.41) is 9.06. The quantitative estimate of drug-likeness (QED) is 0.647. The first kappa shape index (κ1) is 10.1. The highest BCUT2D eigenvalue weighted by molar-refractivity contribution is 5.94. The molecule has 1 aliphatic rings. The highest BCUT2D eigenvalue weighted by Gasteiger charge is 2.29. The van der Waals surface area contributed by atoms with Gasteiger partial charge in [0.1, 0.15) is 6.10 Å². The van der Waals surface area contributed by atoms with E-state index in [1.54, 1.807) is 12.4 Å². The van der Waals surface area contributed by atoms with Crippen molar-refractivity contribution in [1.82, 2.24) is 10.2 Å². The molecule has 0 radical (unpaired) electrons. The molecule has 6 nitrogen and oxygen atoms in total. The molecule has 0 saturated carbocycles. The van der Waals surface area contributed by atoms with Gasteiger partial charge in [0.15, 0.2) is 0 Å². The van der Waals surface area contributed by atoms with Crippen molar-refractivity contribution in [2.75, 3.05) is 11.9 Å². The molecule has 15 heavy (non-hydrogen) atoms. The first-order valence-electron chi connectivity index (χ1n) is 4.95. The topological polar surface area (TPSA) is 93.0 Å². The molecule has 2 heterocycles. The van der Waals surface area contributed by atoms with E-state index >= 15 is 0 Å². The van der Waals surface area contributed by atoms with Gasteiger partial charge >= 0.3 is 0 Å². The molecule has 0 spiro atoms. The molecule has 0 aliphatic carbocycles. The van der Waals surface area contributed by atoms with Crippen LogP contribution in [0, 0.1) is 0 Å². The van der Waals surface area contributed by atoms with E-state index in [1.807, 2.05) is 0 Å². The number of ether oxygens (including phenoxy) is 1. The molecule has 2 rings (SSSR count). The van der Waals surface area contributed by atoms with Crippen molar-refractivity contribution in [3.63, 3.8) is 0 Å². The standard InChI is InChI=1S/C9H14N4O2/c10-3-7-1-2-8(15-7)9(14)13-6-4-11-12-5-6/h4-5,7-8H,1-3,10H2,(H,11,12)(H,13,14)/t7-,8+/m1/s1. The number of nitrogens with one attached hydrogen (secondary N) is 2. The van der Waals surface area contributed by atoms with Crippen LogP contribution in [0.25, 0.3) is 0 Å². The molecule has 0 bridgehead atoms. The predicted molar refractivity (Wildman–Crippen MR) is 54.2 cm³/mol. The summed E-state index contributed by atoms with van der Waals surface area (Å²) >= 11 is 0. The van der Waals surface area contributed by atoms with Gasteiger partial charge in [-0.15, -0.1) is 0 Å². The van der Waals surface area contributed by atoms with Crippen LogP contribution in [-0.4, -0.2) is 34.9 Å². The lowest BCUT2D eigenvalue weighted by atomic mass is 10.2. The van der Waals surface area contributed by atoms with Crippen LogP contribution in [0.2, 0.25) is 0 Å². The van der Waals surface area contributed by atoms with Crippen LogP contribution in [0.4, 0.5) is 5.69 Å². The number of hydrogen-bond acceptors (Lipinski definition) is 4. The lowest BCUT2D eigenvalue weighted by Gasteiger charge is -2.11. The number of carbonyl (C=O) groups excluding carboxylic acids is 1. The van der Waals surface area contributed by atoms with Gasteiger partial charge in [0.05, 0.1) is 18.0 Å². The Morgan fingerprint density at radius 3 is 3.20 bits per heavy atom. The normalized spacial score (nSPS) is 25.4. The Balaban J connectivity index is 1.87. The highest BCUT2D eigenvalue weighted by Crippen LogP contribution is 2.20. The van der Waals surface area contributed by atoms with E-state index in [1.165, 1.54) is 0 Å². The Bertz CT molecular complexity index is 325. The molecule has 1 aromatic heterocycles. The summed E-state index contributed by atoms with van der Waals surface area (Å²) in [5.41, 5.74) is 6.11. The van der Waals surface area contributed by atoms with Crippen molar-refractivity contribution in [2.24, 2.45) is 5.73 Å². The molecule has 1 saturated heterocycles. The van der Waals surface area contributed by atoms with Crippen molar-refractivity contribution < 1.29 is 9.53 Å². The molecule has 82 valence electrons. The summed E-state index contributed by atoms with van der Waals surface area (Å²) in [6.07, 6.45) is 4.38. The van der Waals surface area contributed by atoms with Gasteiger partial charge in [-0.2, -0.15) is 5.10 Å². The third kappa shape index (κ3) is 2.34. The van der Waals surface area contributed by atoms with Crippen molar-refractivity contribution in [3.05, 3.63) is 12.4 Å². The largest absolute Gasteiger partial charge is 0.364 e. The minimum atomic E-state index is -0.381. The maximum atomic E-state index is 11.7. The van der Waals surface area contributed by atoms with Crippen LogP contribution in [0.5, 0.6) is 0 Å². The van der Waals surface area contributed by atoms with Crippen molar-refractivity contribution in [3.8, 4) is 0 Å². The van der Waals surface area contributed by atoms with Gasteiger partial charge in [0.2, 0.25) is 0 Å². The summed E-state index contributed by atoms with van der Waals surface area (Å²) in [6.45, 7) is 0.468. The van der Waals surface area contributed by atoms with E-state index in [0.29, 0.717) is 12.2 Å². The lowest BCUT2D eigenvalue weighted by Crippen LogP contribution is -2.29. The number of H-pyrrole nitrogens is 1. The first-order chi connectivity index (χ1) is 7.29. The second kappa shape index (κ2) is 4.41. The third-order valence-corrected chi connectivity index (χ3v) is 2.43. The van der Waals surface area contributed by atoms with E-state index in [-0.39, 0.29) is 18.1 Å².